The highest BCUT2D eigenvalue weighted by Crippen LogP contribution is 2.47. The summed E-state index contributed by atoms with van der Waals surface area (Å²) in [6.45, 7) is 1.95. The predicted molar refractivity (Wildman–Crippen MR) is 105 cm³/mol. The number of nitrogens with zero attached hydrogens (tertiary/aromatic N) is 3. The normalized spacial score (nSPS) is 26.4. The van der Waals surface area contributed by atoms with Crippen LogP contribution in [0.25, 0.3) is 0 Å². The van der Waals surface area contributed by atoms with Crippen molar-refractivity contribution in [1.82, 2.24) is 9.80 Å². The molecule has 2 aliphatic heterocycles. The molecule has 1 atom stereocenters. The summed E-state index contributed by atoms with van der Waals surface area (Å²) < 4.78 is 0. The van der Waals surface area contributed by atoms with Gasteiger partial charge in [-0.15, -0.1) is 0 Å². The Bertz CT molecular complexity index is 741. The van der Waals surface area contributed by atoms with Gasteiger partial charge in [-0.2, -0.15) is 0 Å². The van der Waals surface area contributed by atoms with E-state index in [0.29, 0.717) is 13.1 Å². The molecule has 3 amide bonds. The van der Waals surface area contributed by atoms with Crippen molar-refractivity contribution in [3.8, 4) is 0 Å². The fourth-order valence-corrected chi connectivity index (χ4v) is 4.85. The second kappa shape index (κ2) is 6.51. The molecule has 2 N–H and O–H groups in total. The van der Waals surface area contributed by atoms with Crippen LogP contribution in [-0.4, -0.2) is 61.0 Å². The number of nitrogens with two attached hydrogens (primary N) is 1. The van der Waals surface area contributed by atoms with Crippen LogP contribution in [0.15, 0.2) is 24.3 Å². The summed E-state index contributed by atoms with van der Waals surface area (Å²) in [5.74, 6) is -0.440. The van der Waals surface area contributed by atoms with Gasteiger partial charge >= 0.3 is 6.03 Å². The first kappa shape index (κ1) is 18.3. The van der Waals surface area contributed by atoms with Gasteiger partial charge in [0.2, 0.25) is 5.91 Å². The lowest BCUT2D eigenvalue weighted by Crippen LogP contribution is -2.53. The average molecular weight is 369 g/mol. The van der Waals surface area contributed by atoms with Gasteiger partial charge in [0.1, 0.15) is 5.54 Å². The van der Waals surface area contributed by atoms with Crippen molar-refractivity contribution < 1.29 is 9.59 Å². The van der Waals surface area contributed by atoms with Gasteiger partial charge in [0.25, 0.3) is 0 Å². The Hall–Kier alpha value is -2.08. The molecule has 27 heavy (non-hydrogen) atoms. The number of amides is 3. The van der Waals surface area contributed by atoms with Crippen molar-refractivity contribution >= 4 is 17.6 Å². The van der Waals surface area contributed by atoms with Crippen molar-refractivity contribution in [1.29, 1.82) is 0 Å². The van der Waals surface area contributed by atoms with Crippen molar-refractivity contribution in [2.45, 2.75) is 43.1 Å². The van der Waals surface area contributed by atoms with Gasteiger partial charge in [0, 0.05) is 18.7 Å². The third-order valence-electron chi connectivity index (χ3n) is 6.74. The molecule has 4 rings (SSSR count). The van der Waals surface area contributed by atoms with Crippen LogP contribution >= 0.6 is 0 Å². The summed E-state index contributed by atoms with van der Waals surface area (Å²) in [7, 11) is 4.23. The zero-order valence-electron chi connectivity index (χ0n) is 16.3. The number of carbonyl (C=O) groups excluding carboxylic acids is 2. The molecule has 0 bridgehead atoms. The molecule has 2 saturated heterocycles. The molecule has 1 saturated carbocycles. The third kappa shape index (κ3) is 2.81. The van der Waals surface area contributed by atoms with E-state index < -0.39 is 11.4 Å². The van der Waals surface area contributed by atoms with E-state index in [4.69, 9.17) is 5.73 Å². The summed E-state index contributed by atoms with van der Waals surface area (Å²) in [6.07, 6.45) is 7.52. The van der Waals surface area contributed by atoms with Crippen LogP contribution in [0.5, 0.6) is 0 Å². The van der Waals surface area contributed by atoms with Crippen LogP contribution in [0.1, 0.15) is 37.7 Å². The number of anilines is 1. The molecule has 3 fully saturated rings. The molecule has 2 heterocycles. The molecule has 1 aromatic rings. The SMILES string of the molecule is CN(C)CCC1(c2ccc(N3C[C@@]4(C(N)=O)[CH]CCN4C3=O)cc2)CCC1. The number of hydrogen-bond donors (Lipinski definition) is 1. The maximum atomic E-state index is 12.8. The van der Waals surface area contributed by atoms with E-state index >= 15 is 0 Å². The first-order valence-corrected chi connectivity index (χ1v) is 9.87. The van der Waals surface area contributed by atoms with Crippen LogP contribution in [0.2, 0.25) is 0 Å². The smallest absolute Gasteiger partial charge is 0.325 e. The fraction of sp³-hybridized carbons (Fsp3) is 0.571. The second-order valence-corrected chi connectivity index (χ2v) is 8.54. The minimum Gasteiger partial charge on any atom is -0.368 e. The van der Waals surface area contributed by atoms with E-state index in [0.717, 1.165) is 25.1 Å². The van der Waals surface area contributed by atoms with Gasteiger partial charge in [-0.3, -0.25) is 9.69 Å². The average Bonchev–Trinajstić information content (AvgIpc) is 3.14. The Morgan fingerprint density at radius 2 is 1.93 bits per heavy atom. The number of rotatable bonds is 6. The minimum absolute atomic E-state index is 0.124. The van der Waals surface area contributed by atoms with E-state index in [-0.39, 0.29) is 11.4 Å². The number of urea groups is 1. The summed E-state index contributed by atoms with van der Waals surface area (Å²) in [5, 5.41) is 0. The molecule has 1 aromatic carbocycles. The number of primary amides is 1. The number of hydrogen-bond acceptors (Lipinski definition) is 3. The second-order valence-electron chi connectivity index (χ2n) is 8.54. The van der Waals surface area contributed by atoms with E-state index in [2.05, 4.69) is 31.1 Å². The van der Waals surface area contributed by atoms with Gasteiger partial charge in [-0.1, -0.05) is 18.6 Å². The van der Waals surface area contributed by atoms with E-state index in [9.17, 15) is 9.59 Å². The zero-order valence-corrected chi connectivity index (χ0v) is 16.3. The summed E-state index contributed by atoms with van der Waals surface area (Å²) in [6, 6.07) is 8.27. The lowest BCUT2D eigenvalue weighted by molar-refractivity contribution is -0.124. The van der Waals surface area contributed by atoms with Gasteiger partial charge in [-0.25, -0.2) is 4.79 Å². The van der Waals surface area contributed by atoms with Gasteiger partial charge < -0.3 is 15.5 Å². The third-order valence-corrected chi connectivity index (χ3v) is 6.74. The summed E-state index contributed by atoms with van der Waals surface area (Å²) >= 11 is 0. The standard InChI is InChI=1S/C21H29N4O2/c1-23(2)14-12-20(9-3-10-20)16-5-7-17(8-6-16)24-15-21(18(22)26)11-4-13-25(21)19(24)27/h5-8,11H,3-4,9-10,12-15H2,1-2H3,(H2,22,26)/t21-/m1/s1. The molecule has 6 nitrogen and oxygen atoms in total. The van der Waals surface area contributed by atoms with Gasteiger partial charge in [0.15, 0.2) is 0 Å². The van der Waals surface area contributed by atoms with Crippen LogP contribution in [0, 0.1) is 6.42 Å². The van der Waals surface area contributed by atoms with Gasteiger partial charge in [0.05, 0.1) is 6.54 Å². The maximum Gasteiger partial charge on any atom is 0.325 e. The molecule has 1 aliphatic carbocycles. The van der Waals surface area contributed by atoms with Crippen LogP contribution in [-0.2, 0) is 10.2 Å². The molecule has 6 heteroatoms. The largest absolute Gasteiger partial charge is 0.368 e. The number of carbonyl (C=O) groups is 2. The highest BCUT2D eigenvalue weighted by atomic mass is 16.2. The van der Waals surface area contributed by atoms with E-state index in [1.54, 1.807) is 9.80 Å². The van der Waals surface area contributed by atoms with Crippen molar-refractivity contribution in [2.24, 2.45) is 5.73 Å². The number of fused-ring (bicyclic) bond motifs is 1. The first-order valence-electron chi connectivity index (χ1n) is 9.87. The molecule has 3 aliphatic rings. The summed E-state index contributed by atoms with van der Waals surface area (Å²) in [4.78, 5) is 30.4. The highest BCUT2D eigenvalue weighted by molar-refractivity contribution is 6.04. The molecule has 145 valence electrons. The van der Waals surface area contributed by atoms with Crippen molar-refractivity contribution in [2.75, 3.05) is 38.6 Å². The van der Waals surface area contributed by atoms with Crippen molar-refractivity contribution in [3.63, 3.8) is 0 Å². The molecular weight excluding hydrogens is 340 g/mol. The summed E-state index contributed by atoms with van der Waals surface area (Å²) in [5.41, 5.74) is 7.18. The molecule has 0 aromatic heterocycles. The molecule has 1 radical (unpaired) electrons. The Morgan fingerprint density at radius 3 is 2.44 bits per heavy atom. The molecule has 0 spiro atoms. The Labute approximate surface area is 161 Å². The van der Waals surface area contributed by atoms with Crippen LogP contribution in [0.4, 0.5) is 10.5 Å². The van der Waals surface area contributed by atoms with Crippen LogP contribution in [0.3, 0.4) is 0 Å². The van der Waals surface area contributed by atoms with E-state index in [1.165, 1.54) is 24.8 Å². The lowest BCUT2D eigenvalue weighted by atomic mass is 9.62. The monoisotopic (exact) mass is 369 g/mol. The van der Waals surface area contributed by atoms with Crippen molar-refractivity contribution in [3.05, 3.63) is 36.2 Å². The fourth-order valence-electron chi connectivity index (χ4n) is 4.85. The lowest BCUT2D eigenvalue weighted by Gasteiger charge is -2.43. The quantitative estimate of drug-likeness (QED) is 0.835. The molecule has 0 unspecified atom stereocenters. The Balaban J connectivity index is 1.55. The van der Waals surface area contributed by atoms with Crippen LogP contribution < -0.4 is 10.6 Å². The maximum absolute atomic E-state index is 12.8. The predicted octanol–water partition coefficient (Wildman–Crippen LogP) is 2.13. The number of benzene rings is 1. The minimum atomic E-state index is -0.948. The first-order chi connectivity index (χ1) is 12.9. The Morgan fingerprint density at radius 1 is 1.22 bits per heavy atom. The molecular formula is C21H29N4O2. The highest BCUT2D eigenvalue weighted by Gasteiger charge is 2.56. The topological polar surface area (TPSA) is 69.9 Å². The Kier molecular flexibility index (Phi) is 4.41. The zero-order chi connectivity index (χ0) is 19.2. The van der Waals surface area contributed by atoms with Gasteiger partial charge in [-0.05, 0) is 69.4 Å². The van der Waals surface area contributed by atoms with E-state index in [1.807, 2.05) is 18.6 Å².